The minimum atomic E-state index is -0.888. The van der Waals surface area contributed by atoms with Crippen molar-refractivity contribution in [2.24, 2.45) is 0 Å². The molecule has 6 heteroatoms. The van der Waals surface area contributed by atoms with Gasteiger partial charge in [-0.2, -0.15) is 0 Å². The molecule has 0 unspecified atom stereocenters. The largest absolute Gasteiger partial charge is 0.478 e. The molecule has 0 saturated heterocycles. The van der Waals surface area contributed by atoms with E-state index in [0.29, 0.717) is 25.3 Å². The minimum Gasteiger partial charge on any atom is -0.478 e. The van der Waals surface area contributed by atoms with Crippen LogP contribution in [0.5, 0.6) is 0 Å². The summed E-state index contributed by atoms with van der Waals surface area (Å²) in [6.45, 7) is 1.89. The Hall–Kier alpha value is -0.430. The lowest BCUT2D eigenvalue weighted by molar-refractivity contribution is 0.0696. The lowest BCUT2D eigenvalue weighted by Gasteiger charge is -2.02. The number of thiophene rings is 1. The van der Waals surface area contributed by atoms with Gasteiger partial charge in [-0.25, -0.2) is 4.79 Å². The van der Waals surface area contributed by atoms with E-state index < -0.39 is 5.97 Å². The predicted octanol–water partition coefficient (Wildman–Crippen LogP) is 1.94. The monoisotopic (exact) mass is 293 g/mol. The van der Waals surface area contributed by atoms with Gasteiger partial charge in [0.1, 0.15) is 0 Å². The van der Waals surface area contributed by atoms with Gasteiger partial charge in [0.25, 0.3) is 0 Å². The van der Waals surface area contributed by atoms with Crippen molar-refractivity contribution < 1.29 is 14.6 Å². The van der Waals surface area contributed by atoms with Gasteiger partial charge in [-0.15, -0.1) is 11.3 Å². The molecule has 0 aliphatic heterocycles. The van der Waals surface area contributed by atoms with Gasteiger partial charge in [0.15, 0.2) is 0 Å². The highest BCUT2D eigenvalue weighted by molar-refractivity contribution is 9.11. The van der Waals surface area contributed by atoms with E-state index in [1.807, 2.05) is 0 Å². The van der Waals surface area contributed by atoms with Crippen LogP contribution < -0.4 is 5.32 Å². The zero-order chi connectivity index (χ0) is 11.3. The summed E-state index contributed by atoms with van der Waals surface area (Å²) in [5, 5.41) is 12.0. The third kappa shape index (κ3) is 3.90. The maximum absolute atomic E-state index is 10.9. The number of rotatable bonds is 6. The Morgan fingerprint density at radius 2 is 2.47 bits per heavy atom. The smallest absolute Gasteiger partial charge is 0.336 e. The van der Waals surface area contributed by atoms with Crippen LogP contribution in [-0.2, 0) is 11.3 Å². The van der Waals surface area contributed by atoms with Crippen molar-refractivity contribution in [1.82, 2.24) is 5.32 Å². The Balaban J connectivity index is 2.55. The van der Waals surface area contributed by atoms with Crippen LogP contribution in [0.4, 0.5) is 0 Å². The number of methoxy groups -OCH3 is 1. The summed E-state index contributed by atoms with van der Waals surface area (Å²) in [6.07, 6.45) is 0. The van der Waals surface area contributed by atoms with Gasteiger partial charge in [0.2, 0.25) is 0 Å². The van der Waals surface area contributed by atoms with E-state index in [1.165, 1.54) is 11.3 Å². The van der Waals surface area contributed by atoms with Crippen LogP contribution in [0.25, 0.3) is 0 Å². The molecular formula is C9H12BrNO3S. The van der Waals surface area contributed by atoms with Crippen molar-refractivity contribution in [3.05, 3.63) is 20.3 Å². The molecule has 0 fully saturated rings. The molecule has 0 spiro atoms. The van der Waals surface area contributed by atoms with E-state index in [4.69, 9.17) is 9.84 Å². The topological polar surface area (TPSA) is 58.6 Å². The summed E-state index contributed by atoms with van der Waals surface area (Å²) in [7, 11) is 1.63. The van der Waals surface area contributed by atoms with Crippen LogP contribution in [-0.4, -0.2) is 31.3 Å². The molecule has 0 bridgehead atoms. The molecule has 84 valence electrons. The van der Waals surface area contributed by atoms with E-state index in [0.717, 1.165) is 8.66 Å². The van der Waals surface area contributed by atoms with E-state index in [9.17, 15) is 4.79 Å². The van der Waals surface area contributed by atoms with Gasteiger partial charge < -0.3 is 15.2 Å². The highest BCUT2D eigenvalue weighted by Gasteiger charge is 2.13. The van der Waals surface area contributed by atoms with Gasteiger partial charge in [0.05, 0.1) is 16.0 Å². The summed E-state index contributed by atoms with van der Waals surface area (Å²) in [5.74, 6) is -0.888. The number of aromatic carboxylic acids is 1. The van der Waals surface area contributed by atoms with Crippen molar-refractivity contribution in [1.29, 1.82) is 0 Å². The number of carboxylic acids is 1. The SMILES string of the molecule is COCCNCc1sc(Br)cc1C(=O)O. The Morgan fingerprint density at radius 1 is 1.73 bits per heavy atom. The molecule has 0 aliphatic carbocycles. The number of nitrogens with one attached hydrogen (secondary N) is 1. The van der Waals surface area contributed by atoms with Crippen LogP contribution in [0, 0.1) is 0 Å². The van der Waals surface area contributed by atoms with Crippen LogP contribution >= 0.6 is 27.3 Å². The van der Waals surface area contributed by atoms with Crippen LogP contribution in [0.3, 0.4) is 0 Å². The summed E-state index contributed by atoms with van der Waals surface area (Å²) in [5.41, 5.74) is 0.358. The third-order valence-electron chi connectivity index (χ3n) is 1.78. The van der Waals surface area contributed by atoms with Crippen molar-refractivity contribution in [3.63, 3.8) is 0 Å². The molecule has 1 aromatic rings. The number of hydrogen-bond acceptors (Lipinski definition) is 4. The normalized spacial score (nSPS) is 10.5. The molecule has 0 amide bonds. The lowest BCUT2D eigenvalue weighted by atomic mass is 10.2. The van der Waals surface area contributed by atoms with E-state index in [1.54, 1.807) is 13.2 Å². The first kappa shape index (κ1) is 12.6. The summed E-state index contributed by atoms with van der Waals surface area (Å²) in [6, 6.07) is 1.63. The van der Waals surface area contributed by atoms with Crippen LogP contribution in [0.2, 0.25) is 0 Å². The maximum Gasteiger partial charge on any atom is 0.336 e. The van der Waals surface area contributed by atoms with Gasteiger partial charge >= 0.3 is 5.97 Å². The minimum absolute atomic E-state index is 0.358. The number of hydrogen-bond donors (Lipinski definition) is 2. The van der Waals surface area contributed by atoms with Gasteiger partial charge in [-0.3, -0.25) is 0 Å². The van der Waals surface area contributed by atoms with Crippen molar-refractivity contribution in [2.45, 2.75) is 6.54 Å². The first-order valence-corrected chi connectivity index (χ1v) is 5.97. The van der Waals surface area contributed by atoms with Crippen molar-refractivity contribution in [3.8, 4) is 0 Å². The molecule has 2 N–H and O–H groups in total. The number of ether oxygens (including phenoxy) is 1. The first-order valence-electron chi connectivity index (χ1n) is 4.36. The van der Waals surface area contributed by atoms with E-state index in [2.05, 4.69) is 21.2 Å². The Morgan fingerprint density at radius 3 is 3.07 bits per heavy atom. The molecule has 0 aliphatic rings. The zero-order valence-corrected chi connectivity index (χ0v) is 10.7. The number of carboxylic acid groups (broad SMARTS) is 1. The average Bonchev–Trinajstić information content (AvgIpc) is 2.55. The van der Waals surface area contributed by atoms with Crippen LogP contribution in [0.15, 0.2) is 9.85 Å². The molecule has 0 radical (unpaired) electrons. The second-order valence-electron chi connectivity index (χ2n) is 2.86. The second-order valence-corrected chi connectivity index (χ2v) is 5.38. The molecule has 0 aromatic carbocycles. The summed E-state index contributed by atoms with van der Waals surface area (Å²) in [4.78, 5) is 11.7. The molecule has 4 nitrogen and oxygen atoms in total. The Kier molecular flexibility index (Phi) is 5.24. The fraction of sp³-hybridized carbons (Fsp3) is 0.444. The quantitative estimate of drug-likeness (QED) is 0.787. The van der Waals surface area contributed by atoms with E-state index in [-0.39, 0.29) is 0 Å². The molecule has 1 rings (SSSR count). The molecule has 1 aromatic heterocycles. The fourth-order valence-corrected chi connectivity index (χ4v) is 2.74. The highest BCUT2D eigenvalue weighted by atomic mass is 79.9. The predicted molar refractivity (Wildman–Crippen MR) is 62.6 cm³/mol. The average molecular weight is 294 g/mol. The standard InChI is InChI=1S/C9H12BrNO3S/c1-14-3-2-11-5-7-6(9(12)13)4-8(10)15-7/h4,11H,2-3,5H2,1H3,(H,12,13). The number of carbonyl (C=O) groups is 1. The molecular weight excluding hydrogens is 282 g/mol. The first-order chi connectivity index (χ1) is 7.15. The Labute approximate surface area is 100 Å². The number of halogens is 1. The molecule has 1 heterocycles. The van der Waals surface area contributed by atoms with E-state index >= 15 is 0 Å². The molecule has 0 atom stereocenters. The second kappa shape index (κ2) is 6.22. The highest BCUT2D eigenvalue weighted by Crippen LogP contribution is 2.27. The van der Waals surface area contributed by atoms with Gasteiger partial charge in [-0.05, 0) is 22.0 Å². The van der Waals surface area contributed by atoms with Crippen molar-refractivity contribution >= 4 is 33.2 Å². The molecule has 15 heavy (non-hydrogen) atoms. The van der Waals surface area contributed by atoms with Gasteiger partial charge in [-0.1, -0.05) is 0 Å². The zero-order valence-electron chi connectivity index (χ0n) is 8.25. The van der Waals surface area contributed by atoms with Crippen LogP contribution in [0.1, 0.15) is 15.2 Å². The van der Waals surface area contributed by atoms with Gasteiger partial charge in [0, 0.05) is 25.1 Å². The summed E-state index contributed by atoms with van der Waals surface area (Å²) >= 11 is 4.71. The summed E-state index contributed by atoms with van der Waals surface area (Å²) < 4.78 is 5.71. The molecule has 0 saturated carbocycles. The lowest BCUT2D eigenvalue weighted by Crippen LogP contribution is -2.19. The maximum atomic E-state index is 10.9. The third-order valence-corrected chi connectivity index (χ3v) is 3.42. The Bertz CT molecular complexity index is 340. The van der Waals surface area contributed by atoms with Crippen molar-refractivity contribution in [2.75, 3.05) is 20.3 Å². The fourth-order valence-electron chi connectivity index (χ4n) is 1.08.